The summed E-state index contributed by atoms with van der Waals surface area (Å²) in [6.07, 6.45) is 4.90. The summed E-state index contributed by atoms with van der Waals surface area (Å²) < 4.78 is 10.3. The third-order valence-electron chi connectivity index (χ3n) is 1.94. The smallest absolute Gasteiger partial charge is 0.333 e. The minimum atomic E-state index is -0.240. The molecule has 3 heteroatoms. The van der Waals surface area contributed by atoms with Gasteiger partial charge in [0.05, 0.1) is 6.61 Å². The van der Waals surface area contributed by atoms with Crippen LogP contribution in [0, 0.1) is 0 Å². The molecule has 0 aliphatic carbocycles. The van der Waals surface area contributed by atoms with Gasteiger partial charge in [-0.15, -0.1) is 0 Å². The number of esters is 1. The second-order valence-electron chi connectivity index (χ2n) is 3.40. The summed E-state index contributed by atoms with van der Waals surface area (Å²) in [6.45, 7) is 7.46. The second-order valence-corrected chi connectivity index (χ2v) is 3.40. The Morgan fingerprint density at radius 2 is 1.93 bits per heavy atom. The molecule has 0 spiro atoms. The molecular formula is C12H22O3. The van der Waals surface area contributed by atoms with Crippen molar-refractivity contribution >= 4 is 5.97 Å². The molecule has 0 aromatic rings. The first-order valence-corrected chi connectivity index (χ1v) is 5.64. The van der Waals surface area contributed by atoms with Crippen molar-refractivity contribution in [2.24, 2.45) is 0 Å². The molecule has 0 unspecified atom stereocenters. The van der Waals surface area contributed by atoms with E-state index in [-0.39, 0.29) is 5.97 Å². The lowest BCUT2D eigenvalue weighted by Crippen LogP contribution is -2.11. The Hall–Kier alpha value is -0.830. The van der Waals surface area contributed by atoms with Gasteiger partial charge in [-0.25, -0.2) is 4.79 Å². The van der Waals surface area contributed by atoms with Crippen molar-refractivity contribution < 1.29 is 14.3 Å². The first kappa shape index (κ1) is 14.2. The molecule has 0 bridgehead atoms. The molecule has 0 saturated carbocycles. The van der Waals surface area contributed by atoms with Gasteiger partial charge in [0.1, 0.15) is 6.61 Å². The fourth-order valence-electron chi connectivity index (χ4n) is 1.05. The number of hydrogen-bond donors (Lipinski definition) is 0. The van der Waals surface area contributed by atoms with Crippen molar-refractivity contribution in [3.63, 3.8) is 0 Å². The minimum absolute atomic E-state index is 0.240. The molecule has 0 atom stereocenters. The predicted octanol–water partition coefficient (Wildman–Crippen LogP) is 2.70. The van der Waals surface area contributed by atoms with Gasteiger partial charge in [0.15, 0.2) is 0 Å². The third-order valence-corrected chi connectivity index (χ3v) is 1.94. The summed E-state index contributed by atoms with van der Waals surface area (Å²) in [4.78, 5) is 11.3. The zero-order chi connectivity index (χ0) is 11.5. The van der Waals surface area contributed by atoms with E-state index in [4.69, 9.17) is 9.47 Å². The highest BCUT2D eigenvalue weighted by Gasteiger charge is 2.03. The van der Waals surface area contributed by atoms with Crippen molar-refractivity contribution in [1.29, 1.82) is 0 Å². The van der Waals surface area contributed by atoms with Crippen molar-refractivity contribution in [1.82, 2.24) is 0 Å². The normalized spacial score (nSPS) is 11.5. The highest BCUT2D eigenvalue weighted by molar-refractivity contribution is 5.87. The molecule has 15 heavy (non-hydrogen) atoms. The Bertz CT molecular complexity index is 197. The topological polar surface area (TPSA) is 35.5 Å². The van der Waals surface area contributed by atoms with E-state index < -0.39 is 0 Å². The van der Waals surface area contributed by atoms with Crippen LogP contribution in [-0.4, -0.2) is 25.8 Å². The highest BCUT2D eigenvalue weighted by atomic mass is 16.6. The fraction of sp³-hybridized carbons (Fsp3) is 0.750. The number of allylic oxidation sites excluding steroid dienone is 1. The van der Waals surface area contributed by atoms with Crippen LogP contribution in [0.2, 0.25) is 0 Å². The Labute approximate surface area is 92.5 Å². The van der Waals surface area contributed by atoms with Crippen LogP contribution in [0.15, 0.2) is 11.6 Å². The summed E-state index contributed by atoms with van der Waals surface area (Å²) in [5.74, 6) is -0.240. The van der Waals surface area contributed by atoms with Gasteiger partial charge in [-0.05, 0) is 19.8 Å². The average Bonchev–Trinajstić information content (AvgIpc) is 2.23. The number of hydrogen-bond acceptors (Lipinski definition) is 3. The largest absolute Gasteiger partial charge is 0.460 e. The van der Waals surface area contributed by atoms with Crippen molar-refractivity contribution in [2.45, 2.75) is 40.0 Å². The van der Waals surface area contributed by atoms with E-state index in [1.807, 2.05) is 13.0 Å². The molecule has 0 aliphatic heterocycles. The lowest BCUT2D eigenvalue weighted by atomic mass is 10.2. The van der Waals surface area contributed by atoms with E-state index in [1.165, 1.54) is 0 Å². The molecule has 0 fully saturated rings. The van der Waals surface area contributed by atoms with Crippen LogP contribution in [0.25, 0.3) is 0 Å². The lowest BCUT2D eigenvalue weighted by Gasteiger charge is -2.05. The Morgan fingerprint density at radius 1 is 1.20 bits per heavy atom. The summed E-state index contributed by atoms with van der Waals surface area (Å²) in [6, 6.07) is 0. The van der Waals surface area contributed by atoms with Gasteiger partial charge < -0.3 is 9.47 Å². The maximum absolute atomic E-state index is 11.3. The molecule has 0 radical (unpaired) electrons. The monoisotopic (exact) mass is 214 g/mol. The van der Waals surface area contributed by atoms with Crippen molar-refractivity contribution in [2.75, 3.05) is 19.8 Å². The quantitative estimate of drug-likeness (QED) is 0.354. The molecule has 0 heterocycles. The van der Waals surface area contributed by atoms with Crippen molar-refractivity contribution in [3.05, 3.63) is 11.6 Å². The second kappa shape index (κ2) is 9.71. The van der Waals surface area contributed by atoms with Gasteiger partial charge in [-0.3, -0.25) is 0 Å². The van der Waals surface area contributed by atoms with Gasteiger partial charge in [0.25, 0.3) is 0 Å². The summed E-state index contributed by atoms with van der Waals surface area (Å²) in [5, 5.41) is 0. The number of carbonyl (C=O) groups excluding carboxylic acids is 1. The van der Waals surface area contributed by atoms with E-state index in [9.17, 15) is 4.79 Å². The van der Waals surface area contributed by atoms with Crippen LogP contribution in [-0.2, 0) is 14.3 Å². The maximum atomic E-state index is 11.3. The zero-order valence-electron chi connectivity index (χ0n) is 10.0. The predicted molar refractivity (Wildman–Crippen MR) is 60.7 cm³/mol. The molecular weight excluding hydrogens is 192 g/mol. The number of carbonyl (C=O) groups is 1. The Morgan fingerprint density at radius 3 is 2.53 bits per heavy atom. The van der Waals surface area contributed by atoms with Gasteiger partial charge in [0.2, 0.25) is 0 Å². The molecule has 88 valence electrons. The summed E-state index contributed by atoms with van der Waals surface area (Å²) in [5.41, 5.74) is 0.672. The molecule has 0 aromatic heterocycles. The SMILES string of the molecule is CCC=C(C)C(=O)OCCOCCCC. The fourth-order valence-corrected chi connectivity index (χ4v) is 1.05. The summed E-state index contributed by atoms with van der Waals surface area (Å²) in [7, 11) is 0. The number of unbranched alkanes of at least 4 members (excludes halogenated alkanes) is 1. The molecule has 3 nitrogen and oxygen atoms in total. The van der Waals surface area contributed by atoms with Gasteiger partial charge >= 0.3 is 5.97 Å². The van der Waals surface area contributed by atoms with Crippen LogP contribution in [0.5, 0.6) is 0 Å². The number of rotatable bonds is 8. The molecule has 0 saturated heterocycles. The van der Waals surface area contributed by atoms with Crippen LogP contribution in [0.3, 0.4) is 0 Å². The molecule has 0 N–H and O–H groups in total. The van der Waals surface area contributed by atoms with Crippen LogP contribution < -0.4 is 0 Å². The minimum Gasteiger partial charge on any atom is -0.460 e. The van der Waals surface area contributed by atoms with E-state index in [2.05, 4.69) is 6.92 Å². The summed E-state index contributed by atoms with van der Waals surface area (Å²) >= 11 is 0. The van der Waals surface area contributed by atoms with Crippen LogP contribution in [0.4, 0.5) is 0 Å². The standard InChI is InChI=1S/C12H22O3/c1-4-6-8-14-9-10-15-12(13)11(3)7-5-2/h7H,4-6,8-10H2,1-3H3. The van der Waals surface area contributed by atoms with E-state index >= 15 is 0 Å². The molecule has 0 rings (SSSR count). The average molecular weight is 214 g/mol. The van der Waals surface area contributed by atoms with Crippen LogP contribution >= 0.6 is 0 Å². The maximum Gasteiger partial charge on any atom is 0.333 e. The lowest BCUT2D eigenvalue weighted by molar-refractivity contribution is -0.140. The van der Waals surface area contributed by atoms with Crippen molar-refractivity contribution in [3.8, 4) is 0 Å². The zero-order valence-corrected chi connectivity index (χ0v) is 10.0. The highest BCUT2D eigenvalue weighted by Crippen LogP contribution is 1.98. The van der Waals surface area contributed by atoms with Gasteiger partial charge in [-0.2, -0.15) is 0 Å². The molecule has 0 aliphatic rings. The van der Waals surface area contributed by atoms with E-state index in [1.54, 1.807) is 6.92 Å². The third kappa shape index (κ3) is 8.18. The molecule has 0 amide bonds. The molecule has 0 aromatic carbocycles. The van der Waals surface area contributed by atoms with E-state index in [0.29, 0.717) is 18.8 Å². The van der Waals surface area contributed by atoms with E-state index in [0.717, 1.165) is 25.9 Å². The van der Waals surface area contributed by atoms with Crippen LogP contribution in [0.1, 0.15) is 40.0 Å². The first-order chi connectivity index (χ1) is 7.22. The first-order valence-electron chi connectivity index (χ1n) is 5.64. The van der Waals surface area contributed by atoms with Gasteiger partial charge in [0, 0.05) is 12.2 Å². The number of ether oxygens (including phenoxy) is 2. The Balaban J connectivity index is 3.43. The van der Waals surface area contributed by atoms with Gasteiger partial charge in [-0.1, -0.05) is 26.3 Å². The Kier molecular flexibility index (Phi) is 9.18.